The van der Waals surface area contributed by atoms with E-state index in [1.165, 1.54) is 0 Å². The number of benzene rings is 1. The summed E-state index contributed by atoms with van der Waals surface area (Å²) in [5.74, 6) is 3.25. The first-order chi connectivity index (χ1) is 8.65. The lowest BCUT2D eigenvalue weighted by molar-refractivity contribution is 0.102. The number of rotatable bonds is 7. The van der Waals surface area contributed by atoms with E-state index < -0.39 is 0 Å². The molecule has 2 nitrogen and oxygen atoms in total. The predicted molar refractivity (Wildman–Crippen MR) is 76.6 cm³/mol. The fourth-order valence-corrected chi connectivity index (χ4v) is 2.53. The lowest BCUT2D eigenvalue weighted by atomic mass is 10.1. The van der Waals surface area contributed by atoms with Gasteiger partial charge in [0.05, 0.1) is 11.9 Å². The minimum Gasteiger partial charge on any atom is -0.490 e. The summed E-state index contributed by atoms with van der Waals surface area (Å²) < 4.78 is 5.70. The fourth-order valence-electron chi connectivity index (χ4n) is 1.59. The molecule has 0 heterocycles. The van der Waals surface area contributed by atoms with Crippen molar-refractivity contribution in [2.45, 2.75) is 32.8 Å². The van der Waals surface area contributed by atoms with Crippen LogP contribution in [0.15, 0.2) is 24.3 Å². The minimum absolute atomic E-state index is 0.196. The van der Waals surface area contributed by atoms with E-state index in [4.69, 9.17) is 4.74 Å². The maximum Gasteiger partial charge on any atom is 0.172 e. The van der Waals surface area contributed by atoms with E-state index in [-0.39, 0.29) is 5.78 Å². The van der Waals surface area contributed by atoms with Crippen LogP contribution in [0.4, 0.5) is 0 Å². The van der Waals surface area contributed by atoms with Crippen molar-refractivity contribution in [2.24, 2.45) is 5.92 Å². The second-order valence-electron chi connectivity index (χ2n) is 5.18. The van der Waals surface area contributed by atoms with Gasteiger partial charge in [-0.15, -0.1) is 0 Å². The quantitative estimate of drug-likeness (QED) is 0.701. The number of ether oxygens (including phenoxy) is 1. The van der Waals surface area contributed by atoms with Gasteiger partial charge >= 0.3 is 0 Å². The molecule has 3 heteroatoms. The monoisotopic (exact) mass is 264 g/mol. The van der Waals surface area contributed by atoms with Crippen LogP contribution in [0, 0.1) is 5.92 Å². The van der Waals surface area contributed by atoms with Crippen molar-refractivity contribution in [1.82, 2.24) is 0 Å². The van der Waals surface area contributed by atoms with Gasteiger partial charge in [0.25, 0.3) is 0 Å². The lowest BCUT2D eigenvalue weighted by Gasteiger charge is -2.07. The Kier molecular flexibility index (Phi) is 4.70. The Morgan fingerprint density at radius 1 is 1.44 bits per heavy atom. The molecular formula is C15H20O2S. The van der Waals surface area contributed by atoms with Crippen molar-refractivity contribution in [1.29, 1.82) is 0 Å². The van der Waals surface area contributed by atoms with Gasteiger partial charge in [-0.25, -0.2) is 0 Å². The molecule has 0 spiro atoms. The topological polar surface area (TPSA) is 26.3 Å². The standard InChI is InChI=1S/C15H20O2S/c1-11(2)9-18-10-15(16)12-4-3-5-14(8-12)17-13-6-7-13/h3-5,8,11,13H,6-7,9-10H2,1-2H3. The zero-order valence-electron chi connectivity index (χ0n) is 11.0. The molecule has 0 bridgehead atoms. The second kappa shape index (κ2) is 6.28. The Morgan fingerprint density at radius 3 is 2.89 bits per heavy atom. The summed E-state index contributed by atoms with van der Waals surface area (Å²) in [6, 6.07) is 7.57. The number of hydrogen-bond acceptors (Lipinski definition) is 3. The summed E-state index contributed by atoms with van der Waals surface area (Å²) in [6.45, 7) is 4.34. The van der Waals surface area contributed by atoms with Crippen LogP contribution in [0.5, 0.6) is 5.75 Å². The largest absolute Gasteiger partial charge is 0.490 e. The van der Waals surface area contributed by atoms with Crippen LogP contribution in [0.25, 0.3) is 0 Å². The molecule has 1 aromatic rings. The second-order valence-corrected chi connectivity index (χ2v) is 6.21. The highest BCUT2D eigenvalue weighted by Gasteiger charge is 2.23. The Labute approximate surface area is 113 Å². The van der Waals surface area contributed by atoms with Gasteiger partial charge < -0.3 is 4.74 Å². The van der Waals surface area contributed by atoms with E-state index in [0.29, 0.717) is 17.8 Å². The van der Waals surface area contributed by atoms with Gasteiger partial charge in [0.1, 0.15) is 5.75 Å². The SMILES string of the molecule is CC(C)CSCC(=O)c1cccc(OC2CC2)c1. The number of carbonyl (C=O) groups is 1. The Hall–Kier alpha value is -0.960. The van der Waals surface area contributed by atoms with Gasteiger partial charge in [-0.2, -0.15) is 11.8 Å². The van der Waals surface area contributed by atoms with Crippen LogP contribution in [0.3, 0.4) is 0 Å². The summed E-state index contributed by atoms with van der Waals surface area (Å²) in [4.78, 5) is 12.0. The van der Waals surface area contributed by atoms with E-state index in [0.717, 1.165) is 29.9 Å². The highest BCUT2D eigenvalue weighted by atomic mass is 32.2. The first-order valence-corrected chi connectivity index (χ1v) is 7.68. The third kappa shape index (κ3) is 4.37. The molecule has 18 heavy (non-hydrogen) atoms. The van der Waals surface area contributed by atoms with Crippen molar-refractivity contribution in [2.75, 3.05) is 11.5 Å². The number of carbonyl (C=O) groups excluding carboxylic acids is 1. The highest BCUT2D eigenvalue weighted by molar-refractivity contribution is 7.99. The van der Waals surface area contributed by atoms with Crippen LogP contribution < -0.4 is 4.74 Å². The zero-order valence-corrected chi connectivity index (χ0v) is 11.8. The molecule has 1 fully saturated rings. The molecule has 0 aliphatic heterocycles. The van der Waals surface area contributed by atoms with E-state index >= 15 is 0 Å². The van der Waals surface area contributed by atoms with E-state index in [1.807, 2.05) is 24.3 Å². The van der Waals surface area contributed by atoms with Crippen molar-refractivity contribution >= 4 is 17.5 Å². The number of Topliss-reactive ketones (excluding diaryl/α,β-unsaturated/α-hetero) is 1. The lowest BCUT2D eigenvalue weighted by Crippen LogP contribution is -2.05. The molecule has 0 N–H and O–H groups in total. The normalized spacial score (nSPS) is 14.8. The van der Waals surface area contributed by atoms with Gasteiger partial charge in [0.15, 0.2) is 5.78 Å². The highest BCUT2D eigenvalue weighted by Crippen LogP contribution is 2.27. The molecule has 1 aromatic carbocycles. The average molecular weight is 264 g/mol. The maximum absolute atomic E-state index is 12.0. The number of hydrogen-bond donors (Lipinski definition) is 0. The van der Waals surface area contributed by atoms with Gasteiger partial charge in [-0.3, -0.25) is 4.79 Å². The van der Waals surface area contributed by atoms with Crippen molar-refractivity contribution in [3.63, 3.8) is 0 Å². The van der Waals surface area contributed by atoms with Crippen molar-refractivity contribution in [3.05, 3.63) is 29.8 Å². The van der Waals surface area contributed by atoms with Crippen molar-refractivity contribution < 1.29 is 9.53 Å². The Balaban J connectivity index is 1.88. The predicted octanol–water partition coefficient (Wildman–Crippen LogP) is 3.80. The summed E-state index contributed by atoms with van der Waals surface area (Å²) in [5, 5.41) is 0. The molecule has 0 radical (unpaired) electrons. The first kappa shape index (κ1) is 13.5. The Bertz CT molecular complexity index is 411. The van der Waals surface area contributed by atoms with Crippen LogP contribution in [0.1, 0.15) is 37.0 Å². The van der Waals surface area contributed by atoms with E-state index in [1.54, 1.807) is 11.8 Å². The third-order valence-corrected chi connectivity index (χ3v) is 4.04. The average Bonchev–Trinajstić information content (AvgIpc) is 3.13. The number of thioether (sulfide) groups is 1. The van der Waals surface area contributed by atoms with E-state index in [9.17, 15) is 4.79 Å². The molecule has 1 aliphatic carbocycles. The number of ketones is 1. The first-order valence-electron chi connectivity index (χ1n) is 6.53. The van der Waals surface area contributed by atoms with Crippen LogP contribution in [0.2, 0.25) is 0 Å². The zero-order chi connectivity index (χ0) is 13.0. The van der Waals surface area contributed by atoms with Crippen LogP contribution >= 0.6 is 11.8 Å². The van der Waals surface area contributed by atoms with Crippen LogP contribution in [-0.2, 0) is 0 Å². The minimum atomic E-state index is 0.196. The summed E-state index contributed by atoms with van der Waals surface area (Å²) in [6.07, 6.45) is 2.66. The molecule has 1 saturated carbocycles. The smallest absolute Gasteiger partial charge is 0.172 e. The molecule has 0 saturated heterocycles. The third-order valence-electron chi connectivity index (χ3n) is 2.67. The fraction of sp³-hybridized carbons (Fsp3) is 0.533. The molecule has 0 amide bonds. The van der Waals surface area contributed by atoms with Gasteiger partial charge in [0.2, 0.25) is 0 Å². The van der Waals surface area contributed by atoms with Crippen molar-refractivity contribution in [3.8, 4) is 5.75 Å². The van der Waals surface area contributed by atoms with Gasteiger partial charge in [-0.1, -0.05) is 26.0 Å². The maximum atomic E-state index is 12.0. The molecule has 0 aromatic heterocycles. The molecule has 0 atom stereocenters. The molecular weight excluding hydrogens is 244 g/mol. The molecule has 1 aliphatic rings. The molecule has 2 rings (SSSR count). The van der Waals surface area contributed by atoms with Gasteiger partial charge in [0, 0.05) is 5.56 Å². The summed E-state index contributed by atoms with van der Waals surface area (Å²) >= 11 is 1.71. The van der Waals surface area contributed by atoms with Gasteiger partial charge in [-0.05, 0) is 36.6 Å². The molecule has 0 unspecified atom stereocenters. The Morgan fingerprint density at radius 2 is 2.22 bits per heavy atom. The van der Waals surface area contributed by atoms with Crippen LogP contribution in [-0.4, -0.2) is 23.4 Å². The van der Waals surface area contributed by atoms with E-state index in [2.05, 4.69) is 13.8 Å². The molecule has 98 valence electrons. The summed E-state index contributed by atoms with van der Waals surface area (Å²) in [7, 11) is 0. The summed E-state index contributed by atoms with van der Waals surface area (Å²) in [5.41, 5.74) is 0.768.